The monoisotopic (exact) mass is 641 g/mol. The lowest BCUT2D eigenvalue weighted by atomic mass is 9.99. The topological polar surface area (TPSA) is 65.0 Å². The maximum Gasteiger partial charge on any atom is 0.164 e. The molecule has 0 aliphatic heterocycles. The van der Waals surface area contributed by atoms with Crippen LogP contribution in [-0.4, -0.2) is 15.0 Å². The molecule has 0 atom stereocenters. The van der Waals surface area contributed by atoms with E-state index in [0.717, 1.165) is 82.8 Å². The lowest BCUT2D eigenvalue weighted by molar-refractivity contribution is 0.668. The van der Waals surface area contributed by atoms with E-state index in [4.69, 9.17) is 23.8 Å². The van der Waals surface area contributed by atoms with Crippen molar-refractivity contribution in [1.82, 2.24) is 15.0 Å². The summed E-state index contributed by atoms with van der Waals surface area (Å²) in [6.07, 6.45) is 0. The Morgan fingerprint density at radius 1 is 0.300 bits per heavy atom. The van der Waals surface area contributed by atoms with Gasteiger partial charge in [0.25, 0.3) is 0 Å². The van der Waals surface area contributed by atoms with E-state index in [1.54, 1.807) is 0 Å². The molecule has 10 aromatic rings. The molecular formula is C45H27N3O2. The van der Waals surface area contributed by atoms with Gasteiger partial charge in [-0.15, -0.1) is 0 Å². The third-order valence-electron chi connectivity index (χ3n) is 9.35. The molecule has 0 bridgehead atoms. The van der Waals surface area contributed by atoms with Crippen LogP contribution < -0.4 is 0 Å². The molecule has 0 amide bonds. The van der Waals surface area contributed by atoms with E-state index >= 15 is 0 Å². The number of fused-ring (bicyclic) bond motifs is 6. The molecule has 10 rings (SSSR count). The molecule has 3 aromatic heterocycles. The molecule has 5 heteroatoms. The number of aromatic nitrogens is 3. The summed E-state index contributed by atoms with van der Waals surface area (Å²) >= 11 is 0. The molecule has 0 aliphatic carbocycles. The summed E-state index contributed by atoms with van der Waals surface area (Å²) in [6, 6.07) is 55.7. The molecule has 0 radical (unpaired) electrons. The number of nitrogens with zero attached hydrogens (tertiary/aromatic N) is 3. The average Bonchev–Trinajstić information content (AvgIpc) is 3.76. The molecular weight excluding hydrogens is 615 g/mol. The normalized spacial score (nSPS) is 11.6. The Bertz CT molecular complexity index is 2800. The average molecular weight is 642 g/mol. The van der Waals surface area contributed by atoms with Crippen molar-refractivity contribution in [3.8, 4) is 56.4 Å². The standard InChI is InChI=1S/C45H27N3O2/c1-4-12-28(13-5-1)33-18-10-20-37-38-21-11-19-34(42(38)50-41(33)37)31-22-24-35-36-25-23-32(27-40(36)49-39(35)26-31)45-47-43(29-14-6-2-7-15-29)46-44(48-45)30-16-8-3-9-17-30/h1-27H. The zero-order valence-corrected chi connectivity index (χ0v) is 26.7. The van der Waals surface area contributed by atoms with Gasteiger partial charge in [-0.25, -0.2) is 15.0 Å². The lowest BCUT2D eigenvalue weighted by Gasteiger charge is -2.08. The van der Waals surface area contributed by atoms with Crippen LogP contribution in [0.1, 0.15) is 0 Å². The highest BCUT2D eigenvalue weighted by Crippen LogP contribution is 2.41. The zero-order chi connectivity index (χ0) is 33.0. The predicted molar refractivity (Wildman–Crippen MR) is 202 cm³/mol. The van der Waals surface area contributed by atoms with Crippen molar-refractivity contribution in [3.05, 3.63) is 164 Å². The van der Waals surface area contributed by atoms with E-state index in [9.17, 15) is 0 Å². The first-order chi connectivity index (χ1) is 24.8. The summed E-state index contributed by atoms with van der Waals surface area (Å²) < 4.78 is 13.2. The molecule has 0 unspecified atom stereocenters. The van der Waals surface area contributed by atoms with E-state index < -0.39 is 0 Å². The third kappa shape index (κ3) is 4.67. The second kappa shape index (κ2) is 11.4. The summed E-state index contributed by atoms with van der Waals surface area (Å²) in [5.41, 5.74) is 10.3. The summed E-state index contributed by atoms with van der Waals surface area (Å²) in [5, 5.41) is 4.27. The smallest absolute Gasteiger partial charge is 0.164 e. The van der Waals surface area contributed by atoms with E-state index in [1.807, 2.05) is 72.8 Å². The second-order valence-corrected chi connectivity index (χ2v) is 12.4. The van der Waals surface area contributed by atoms with Gasteiger partial charge in [-0.2, -0.15) is 0 Å². The molecule has 0 aliphatic rings. The molecule has 0 N–H and O–H groups in total. The maximum absolute atomic E-state index is 6.69. The van der Waals surface area contributed by atoms with E-state index in [1.165, 1.54) is 0 Å². The van der Waals surface area contributed by atoms with E-state index in [0.29, 0.717) is 17.5 Å². The number of para-hydroxylation sites is 2. The minimum atomic E-state index is 0.590. The SMILES string of the molecule is c1ccc(-c2nc(-c3ccccc3)nc(-c3ccc4c(c3)oc3cc(-c5cccc6c5oc5c(-c7ccccc7)cccc56)ccc34)n2)cc1. The first kappa shape index (κ1) is 28.2. The van der Waals surface area contributed by atoms with Crippen LogP contribution in [0.15, 0.2) is 173 Å². The molecule has 7 aromatic carbocycles. The summed E-state index contributed by atoms with van der Waals surface area (Å²) in [7, 11) is 0. The third-order valence-corrected chi connectivity index (χ3v) is 9.35. The molecule has 0 spiro atoms. The van der Waals surface area contributed by atoms with Gasteiger partial charge in [0.2, 0.25) is 0 Å². The second-order valence-electron chi connectivity index (χ2n) is 12.4. The molecule has 234 valence electrons. The van der Waals surface area contributed by atoms with Gasteiger partial charge in [-0.1, -0.05) is 140 Å². The van der Waals surface area contributed by atoms with Crippen LogP contribution in [0.5, 0.6) is 0 Å². The molecule has 5 nitrogen and oxygen atoms in total. The highest BCUT2D eigenvalue weighted by molar-refractivity contribution is 6.14. The Morgan fingerprint density at radius 3 is 1.28 bits per heavy atom. The van der Waals surface area contributed by atoms with Crippen LogP contribution in [0.3, 0.4) is 0 Å². The van der Waals surface area contributed by atoms with Crippen LogP contribution in [-0.2, 0) is 0 Å². The van der Waals surface area contributed by atoms with Crippen LogP contribution >= 0.6 is 0 Å². The number of hydrogen-bond donors (Lipinski definition) is 0. The minimum absolute atomic E-state index is 0.590. The van der Waals surface area contributed by atoms with Crippen molar-refractivity contribution in [3.63, 3.8) is 0 Å². The van der Waals surface area contributed by atoms with Gasteiger partial charge in [0.05, 0.1) is 0 Å². The van der Waals surface area contributed by atoms with Crippen LogP contribution in [0.25, 0.3) is 100 Å². The van der Waals surface area contributed by atoms with Crippen molar-refractivity contribution in [2.45, 2.75) is 0 Å². The fourth-order valence-corrected chi connectivity index (χ4v) is 6.91. The highest BCUT2D eigenvalue weighted by atomic mass is 16.3. The fraction of sp³-hybridized carbons (Fsp3) is 0. The van der Waals surface area contributed by atoms with Crippen molar-refractivity contribution < 1.29 is 8.83 Å². The number of rotatable bonds is 5. The van der Waals surface area contributed by atoms with E-state index in [2.05, 4.69) is 91.0 Å². The van der Waals surface area contributed by atoms with Gasteiger partial charge >= 0.3 is 0 Å². The first-order valence-corrected chi connectivity index (χ1v) is 16.6. The molecule has 0 saturated heterocycles. The van der Waals surface area contributed by atoms with Crippen LogP contribution in [0.2, 0.25) is 0 Å². The molecule has 50 heavy (non-hydrogen) atoms. The quantitative estimate of drug-likeness (QED) is 0.187. The number of furan rings is 2. The summed E-state index contributed by atoms with van der Waals surface area (Å²) in [5.74, 6) is 1.84. The Kier molecular flexibility index (Phi) is 6.42. The maximum atomic E-state index is 6.69. The lowest BCUT2D eigenvalue weighted by Crippen LogP contribution is -2.00. The Balaban J connectivity index is 1.09. The molecule has 3 heterocycles. The van der Waals surface area contributed by atoms with Gasteiger partial charge < -0.3 is 8.83 Å². The van der Waals surface area contributed by atoms with Crippen LogP contribution in [0, 0.1) is 0 Å². The largest absolute Gasteiger partial charge is 0.456 e. The van der Waals surface area contributed by atoms with Gasteiger partial charge in [-0.05, 0) is 35.4 Å². The van der Waals surface area contributed by atoms with Gasteiger partial charge in [0, 0.05) is 49.4 Å². The summed E-state index contributed by atoms with van der Waals surface area (Å²) in [6.45, 7) is 0. The Labute approximate surface area is 287 Å². The van der Waals surface area contributed by atoms with Crippen molar-refractivity contribution in [2.75, 3.05) is 0 Å². The molecule has 0 saturated carbocycles. The zero-order valence-electron chi connectivity index (χ0n) is 26.7. The fourth-order valence-electron chi connectivity index (χ4n) is 6.91. The van der Waals surface area contributed by atoms with Crippen LogP contribution in [0.4, 0.5) is 0 Å². The minimum Gasteiger partial charge on any atom is -0.456 e. The first-order valence-electron chi connectivity index (χ1n) is 16.6. The predicted octanol–water partition coefficient (Wildman–Crippen LogP) is 12.0. The Hall–Kier alpha value is -6.85. The van der Waals surface area contributed by atoms with Crippen molar-refractivity contribution in [1.29, 1.82) is 0 Å². The van der Waals surface area contributed by atoms with Crippen molar-refractivity contribution in [2.24, 2.45) is 0 Å². The van der Waals surface area contributed by atoms with Gasteiger partial charge in [0.1, 0.15) is 22.3 Å². The Morgan fingerprint density at radius 2 is 0.740 bits per heavy atom. The number of benzene rings is 7. The number of hydrogen-bond acceptors (Lipinski definition) is 5. The van der Waals surface area contributed by atoms with E-state index in [-0.39, 0.29) is 0 Å². The summed E-state index contributed by atoms with van der Waals surface area (Å²) in [4.78, 5) is 14.7. The van der Waals surface area contributed by atoms with Gasteiger partial charge in [-0.3, -0.25) is 0 Å². The van der Waals surface area contributed by atoms with Crippen molar-refractivity contribution >= 4 is 43.9 Å². The highest BCUT2D eigenvalue weighted by Gasteiger charge is 2.18. The van der Waals surface area contributed by atoms with Gasteiger partial charge in [0.15, 0.2) is 17.5 Å². The molecule has 0 fully saturated rings.